The molecule has 104 valence electrons. The monoisotopic (exact) mass is 267 g/mol. The molecule has 0 aromatic heterocycles. The van der Waals surface area contributed by atoms with Gasteiger partial charge in [0.2, 0.25) is 0 Å². The van der Waals surface area contributed by atoms with Gasteiger partial charge in [0.05, 0.1) is 0 Å². The maximum Gasteiger partial charge on any atom is 0.260 e. The lowest BCUT2D eigenvalue weighted by atomic mass is 10.1. The van der Waals surface area contributed by atoms with Crippen molar-refractivity contribution in [3.63, 3.8) is 0 Å². The predicted octanol–water partition coefficient (Wildman–Crippen LogP) is 2.32. The molecule has 1 atom stereocenters. The molecule has 4 nitrogen and oxygen atoms in total. The van der Waals surface area contributed by atoms with Gasteiger partial charge in [-0.1, -0.05) is 0 Å². The standard InChI is InChI=1S/C14H18FNO3/c1-8(2)16-14(18)10(4)19-13-6-5-11(9(3)17)7-12(13)15/h5-8,10H,1-4H3,(H,16,18). The normalized spacial score (nSPS) is 12.1. The van der Waals surface area contributed by atoms with Crippen molar-refractivity contribution in [1.82, 2.24) is 5.32 Å². The number of hydrogen-bond donors (Lipinski definition) is 1. The van der Waals surface area contributed by atoms with Crippen LogP contribution in [-0.4, -0.2) is 23.8 Å². The maximum absolute atomic E-state index is 13.7. The maximum atomic E-state index is 13.7. The molecule has 1 aromatic carbocycles. The zero-order valence-electron chi connectivity index (χ0n) is 11.5. The molecule has 1 rings (SSSR count). The molecular weight excluding hydrogens is 249 g/mol. The van der Waals surface area contributed by atoms with Gasteiger partial charge in [-0.2, -0.15) is 0 Å². The highest BCUT2D eigenvalue weighted by Gasteiger charge is 2.17. The lowest BCUT2D eigenvalue weighted by Gasteiger charge is -2.17. The number of ketones is 1. The van der Waals surface area contributed by atoms with Crippen LogP contribution in [0.25, 0.3) is 0 Å². The van der Waals surface area contributed by atoms with E-state index in [1.165, 1.54) is 26.0 Å². The second-order valence-electron chi connectivity index (χ2n) is 4.62. The van der Waals surface area contributed by atoms with E-state index in [1.807, 2.05) is 13.8 Å². The Kier molecular flexibility index (Phi) is 5.03. The van der Waals surface area contributed by atoms with E-state index >= 15 is 0 Å². The minimum Gasteiger partial charge on any atom is -0.478 e. The molecule has 0 saturated heterocycles. The Balaban J connectivity index is 2.77. The SMILES string of the molecule is CC(=O)c1ccc(OC(C)C(=O)NC(C)C)c(F)c1. The fraction of sp³-hybridized carbons (Fsp3) is 0.429. The minimum atomic E-state index is -0.805. The van der Waals surface area contributed by atoms with Crippen molar-refractivity contribution in [3.8, 4) is 5.75 Å². The predicted molar refractivity (Wildman–Crippen MR) is 69.8 cm³/mol. The van der Waals surface area contributed by atoms with Gasteiger partial charge in [-0.25, -0.2) is 4.39 Å². The molecule has 5 heteroatoms. The molecule has 1 amide bonds. The zero-order valence-corrected chi connectivity index (χ0v) is 11.5. The lowest BCUT2D eigenvalue weighted by molar-refractivity contribution is -0.127. The van der Waals surface area contributed by atoms with Crippen molar-refractivity contribution < 1.29 is 18.7 Å². The molecular formula is C14H18FNO3. The Labute approximate surface area is 112 Å². The lowest BCUT2D eigenvalue weighted by Crippen LogP contribution is -2.40. The van der Waals surface area contributed by atoms with E-state index in [9.17, 15) is 14.0 Å². The van der Waals surface area contributed by atoms with Gasteiger partial charge in [0.25, 0.3) is 5.91 Å². The van der Waals surface area contributed by atoms with Crippen LogP contribution in [0.4, 0.5) is 4.39 Å². The summed E-state index contributed by atoms with van der Waals surface area (Å²) in [6.45, 7) is 6.55. The third-order valence-electron chi connectivity index (χ3n) is 2.44. The van der Waals surface area contributed by atoms with Gasteiger partial charge in [-0.3, -0.25) is 9.59 Å². The van der Waals surface area contributed by atoms with Crippen LogP contribution < -0.4 is 10.1 Å². The van der Waals surface area contributed by atoms with E-state index < -0.39 is 11.9 Å². The smallest absolute Gasteiger partial charge is 0.260 e. The third-order valence-corrected chi connectivity index (χ3v) is 2.44. The molecule has 0 heterocycles. The number of halogens is 1. The third kappa shape index (κ3) is 4.35. The van der Waals surface area contributed by atoms with Gasteiger partial charge in [-0.05, 0) is 45.9 Å². The summed E-state index contributed by atoms with van der Waals surface area (Å²) in [4.78, 5) is 22.7. The molecule has 1 aromatic rings. The Morgan fingerprint density at radius 3 is 2.37 bits per heavy atom. The molecule has 1 unspecified atom stereocenters. The largest absolute Gasteiger partial charge is 0.478 e. The number of amides is 1. The van der Waals surface area contributed by atoms with E-state index in [4.69, 9.17) is 4.74 Å². The summed E-state index contributed by atoms with van der Waals surface area (Å²) < 4.78 is 18.9. The minimum absolute atomic E-state index is 0.0107. The van der Waals surface area contributed by atoms with Gasteiger partial charge in [0, 0.05) is 11.6 Å². The zero-order chi connectivity index (χ0) is 14.6. The van der Waals surface area contributed by atoms with E-state index in [2.05, 4.69) is 5.32 Å². The van der Waals surface area contributed by atoms with Crippen LogP contribution in [0.15, 0.2) is 18.2 Å². The van der Waals surface area contributed by atoms with Crippen molar-refractivity contribution in [2.24, 2.45) is 0 Å². The Hall–Kier alpha value is -1.91. The highest BCUT2D eigenvalue weighted by Crippen LogP contribution is 2.20. The summed E-state index contributed by atoms with van der Waals surface area (Å²) in [5, 5.41) is 2.67. The number of rotatable bonds is 5. The topological polar surface area (TPSA) is 55.4 Å². The quantitative estimate of drug-likeness (QED) is 0.833. The number of benzene rings is 1. The van der Waals surface area contributed by atoms with E-state index in [1.54, 1.807) is 0 Å². The van der Waals surface area contributed by atoms with Crippen LogP contribution in [0.3, 0.4) is 0 Å². The number of nitrogens with one attached hydrogen (secondary N) is 1. The van der Waals surface area contributed by atoms with Crippen molar-refractivity contribution in [3.05, 3.63) is 29.6 Å². The van der Waals surface area contributed by atoms with Crippen molar-refractivity contribution in [2.45, 2.75) is 39.8 Å². The van der Waals surface area contributed by atoms with Crippen LogP contribution in [0, 0.1) is 5.82 Å². The summed E-state index contributed by atoms with van der Waals surface area (Å²) >= 11 is 0. The van der Waals surface area contributed by atoms with Gasteiger partial charge in [-0.15, -0.1) is 0 Å². The second-order valence-corrected chi connectivity index (χ2v) is 4.62. The molecule has 0 spiro atoms. The molecule has 1 N–H and O–H groups in total. The first-order valence-corrected chi connectivity index (χ1v) is 6.08. The Morgan fingerprint density at radius 2 is 1.89 bits per heavy atom. The molecule has 0 saturated carbocycles. The molecule has 0 bridgehead atoms. The van der Waals surface area contributed by atoms with Gasteiger partial charge < -0.3 is 10.1 Å². The van der Waals surface area contributed by atoms with Crippen LogP contribution in [0.5, 0.6) is 5.75 Å². The molecule has 0 aliphatic carbocycles. The summed E-state index contributed by atoms with van der Waals surface area (Å²) in [6, 6.07) is 3.91. The molecule has 0 aliphatic rings. The number of hydrogen-bond acceptors (Lipinski definition) is 3. The first-order valence-electron chi connectivity index (χ1n) is 6.08. The van der Waals surface area contributed by atoms with Crippen molar-refractivity contribution >= 4 is 11.7 Å². The fourth-order valence-corrected chi connectivity index (χ4v) is 1.46. The average Bonchev–Trinajstić information content (AvgIpc) is 2.30. The molecule has 19 heavy (non-hydrogen) atoms. The van der Waals surface area contributed by atoms with Crippen LogP contribution >= 0.6 is 0 Å². The Morgan fingerprint density at radius 1 is 1.26 bits per heavy atom. The van der Waals surface area contributed by atoms with E-state index in [0.717, 1.165) is 6.07 Å². The summed E-state index contributed by atoms with van der Waals surface area (Å²) in [5.41, 5.74) is 0.268. The summed E-state index contributed by atoms with van der Waals surface area (Å²) in [7, 11) is 0. The van der Waals surface area contributed by atoms with Crippen LogP contribution in [-0.2, 0) is 4.79 Å². The average molecular weight is 267 g/mol. The summed E-state index contributed by atoms with van der Waals surface area (Å²) in [6.07, 6.45) is -0.805. The van der Waals surface area contributed by atoms with Gasteiger partial charge >= 0.3 is 0 Å². The first kappa shape index (κ1) is 15.1. The number of Topliss-reactive ketones (excluding diaryl/α,β-unsaturated/α-hetero) is 1. The Bertz CT molecular complexity index is 486. The van der Waals surface area contributed by atoms with Crippen LogP contribution in [0.1, 0.15) is 38.1 Å². The first-order chi connectivity index (χ1) is 8.81. The summed E-state index contributed by atoms with van der Waals surface area (Å²) in [5.74, 6) is -1.24. The van der Waals surface area contributed by atoms with E-state index in [0.29, 0.717) is 0 Å². The molecule has 0 aliphatic heterocycles. The second kappa shape index (κ2) is 6.31. The van der Waals surface area contributed by atoms with Crippen molar-refractivity contribution in [1.29, 1.82) is 0 Å². The molecule has 0 radical (unpaired) electrons. The van der Waals surface area contributed by atoms with Crippen molar-refractivity contribution in [2.75, 3.05) is 0 Å². The highest BCUT2D eigenvalue weighted by molar-refractivity contribution is 5.94. The van der Waals surface area contributed by atoms with Crippen LogP contribution in [0.2, 0.25) is 0 Å². The van der Waals surface area contributed by atoms with Gasteiger partial charge in [0.1, 0.15) is 0 Å². The number of carbonyl (C=O) groups is 2. The molecule has 0 fully saturated rings. The highest BCUT2D eigenvalue weighted by atomic mass is 19.1. The van der Waals surface area contributed by atoms with E-state index in [-0.39, 0.29) is 29.0 Å². The fourth-order valence-electron chi connectivity index (χ4n) is 1.46. The number of carbonyl (C=O) groups excluding carboxylic acids is 2. The van der Waals surface area contributed by atoms with Gasteiger partial charge in [0.15, 0.2) is 23.5 Å². The number of ether oxygens (including phenoxy) is 1.